The molecule has 0 heterocycles. The van der Waals surface area contributed by atoms with E-state index in [9.17, 15) is 9.59 Å². The molecule has 184 valence electrons. The Hall–Kier alpha value is -0.220. The molecule has 0 aromatic heterocycles. The molecular formula is C28H46Br2O2. The number of Topliss-reactive ketones (excluding diaryl/α,β-unsaturated/α-hetero) is 2. The summed E-state index contributed by atoms with van der Waals surface area (Å²) in [5, 5.41) is 2.23. The summed E-state index contributed by atoms with van der Waals surface area (Å²) in [7, 11) is 0. The van der Waals surface area contributed by atoms with Crippen molar-refractivity contribution in [1.29, 1.82) is 0 Å². The van der Waals surface area contributed by atoms with Crippen LogP contribution >= 0.6 is 31.9 Å². The van der Waals surface area contributed by atoms with Gasteiger partial charge < -0.3 is 0 Å². The second-order valence-corrected chi connectivity index (χ2v) is 11.0. The predicted molar refractivity (Wildman–Crippen MR) is 146 cm³/mol. The van der Waals surface area contributed by atoms with Gasteiger partial charge in [0.25, 0.3) is 0 Å². The number of hydrogen-bond acceptors (Lipinski definition) is 2. The average molecular weight is 574 g/mol. The van der Waals surface area contributed by atoms with E-state index in [0.717, 1.165) is 60.3 Å². The SMILES string of the molecule is CC1=C(C)C(=O)C(CCCCCCCCCCBr)=C(CCCCCCCCCCBr)C1=O. The van der Waals surface area contributed by atoms with E-state index in [1.807, 2.05) is 13.8 Å². The van der Waals surface area contributed by atoms with Gasteiger partial charge in [0.1, 0.15) is 0 Å². The van der Waals surface area contributed by atoms with Crippen molar-refractivity contribution < 1.29 is 9.59 Å². The Morgan fingerprint density at radius 2 is 0.688 bits per heavy atom. The predicted octanol–water partition coefficient (Wildman–Crippen LogP) is 9.58. The minimum absolute atomic E-state index is 0.138. The van der Waals surface area contributed by atoms with E-state index >= 15 is 0 Å². The van der Waals surface area contributed by atoms with Gasteiger partial charge in [0.05, 0.1) is 0 Å². The molecule has 4 heteroatoms. The van der Waals surface area contributed by atoms with Gasteiger partial charge in [0.15, 0.2) is 11.6 Å². The zero-order valence-corrected chi connectivity index (χ0v) is 23.9. The average Bonchev–Trinajstić information content (AvgIpc) is 2.79. The number of allylic oxidation sites excluding steroid dienone is 4. The highest BCUT2D eigenvalue weighted by Crippen LogP contribution is 2.31. The second kappa shape index (κ2) is 19.1. The van der Waals surface area contributed by atoms with Crippen LogP contribution in [0.5, 0.6) is 0 Å². The van der Waals surface area contributed by atoms with E-state index in [0.29, 0.717) is 11.1 Å². The van der Waals surface area contributed by atoms with Gasteiger partial charge in [-0.15, -0.1) is 0 Å². The third kappa shape index (κ3) is 11.8. The molecule has 0 atom stereocenters. The fourth-order valence-corrected chi connectivity index (χ4v) is 5.30. The summed E-state index contributed by atoms with van der Waals surface area (Å²) >= 11 is 6.98. The lowest BCUT2D eigenvalue weighted by molar-refractivity contribution is -0.116. The zero-order valence-electron chi connectivity index (χ0n) is 20.7. The van der Waals surface area contributed by atoms with Crippen LogP contribution in [0, 0.1) is 0 Å². The number of carbonyl (C=O) groups is 2. The van der Waals surface area contributed by atoms with Crippen molar-refractivity contribution in [3.05, 3.63) is 22.3 Å². The lowest BCUT2D eigenvalue weighted by Gasteiger charge is -2.21. The Bertz CT molecular complexity index is 567. The molecule has 32 heavy (non-hydrogen) atoms. The molecule has 0 spiro atoms. The normalized spacial score (nSPS) is 14.8. The largest absolute Gasteiger partial charge is 0.289 e. The molecule has 1 rings (SSSR count). The number of hydrogen-bond donors (Lipinski definition) is 0. The summed E-state index contributed by atoms with van der Waals surface area (Å²) < 4.78 is 0. The number of ketones is 2. The number of carbonyl (C=O) groups excluding carboxylic acids is 2. The van der Waals surface area contributed by atoms with Gasteiger partial charge in [-0.25, -0.2) is 0 Å². The Morgan fingerprint density at radius 1 is 0.438 bits per heavy atom. The van der Waals surface area contributed by atoms with Crippen molar-refractivity contribution in [3.8, 4) is 0 Å². The van der Waals surface area contributed by atoms with Gasteiger partial charge in [-0.3, -0.25) is 9.59 Å². The first-order chi connectivity index (χ1) is 15.5. The van der Waals surface area contributed by atoms with Crippen LogP contribution in [0.4, 0.5) is 0 Å². The number of halogens is 2. The highest BCUT2D eigenvalue weighted by Gasteiger charge is 2.29. The fraction of sp³-hybridized carbons (Fsp3) is 0.786. The molecular weight excluding hydrogens is 528 g/mol. The molecule has 0 aromatic carbocycles. The Labute approximate surface area is 214 Å². The molecule has 0 saturated heterocycles. The minimum atomic E-state index is 0.138. The van der Waals surface area contributed by atoms with Crippen molar-refractivity contribution in [2.24, 2.45) is 0 Å². The summed E-state index contributed by atoms with van der Waals surface area (Å²) in [5.74, 6) is 0.275. The number of rotatable bonds is 20. The van der Waals surface area contributed by atoms with E-state index < -0.39 is 0 Å². The maximum atomic E-state index is 12.9. The molecule has 0 unspecified atom stereocenters. The summed E-state index contributed by atoms with van der Waals surface area (Å²) in [5.41, 5.74) is 3.02. The lowest BCUT2D eigenvalue weighted by atomic mass is 9.81. The molecule has 0 aliphatic heterocycles. The maximum Gasteiger partial charge on any atom is 0.185 e. The Kier molecular flexibility index (Phi) is 17.8. The maximum absolute atomic E-state index is 12.9. The van der Waals surface area contributed by atoms with Crippen molar-refractivity contribution in [3.63, 3.8) is 0 Å². The van der Waals surface area contributed by atoms with Gasteiger partial charge >= 0.3 is 0 Å². The molecule has 0 fully saturated rings. The molecule has 1 aliphatic rings. The standard InChI is InChI=1S/C28H46Br2O2/c1-23-24(2)28(32)26(20-16-12-8-4-6-10-14-18-22-30)25(27(23)31)19-15-11-7-3-5-9-13-17-21-29/h3-22H2,1-2H3. The summed E-state index contributed by atoms with van der Waals surface area (Å²) in [6.07, 6.45) is 21.5. The first-order valence-corrected chi connectivity index (χ1v) is 15.4. The smallest absolute Gasteiger partial charge is 0.185 e. The van der Waals surface area contributed by atoms with Crippen LogP contribution in [0.15, 0.2) is 22.3 Å². The van der Waals surface area contributed by atoms with E-state index in [1.165, 1.54) is 77.0 Å². The topological polar surface area (TPSA) is 34.1 Å². The molecule has 0 aromatic rings. The fourth-order valence-electron chi connectivity index (χ4n) is 4.51. The molecule has 0 N–H and O–H groups in total. The minimum Gasteiger partial charge on any atom is -0.289 e. The molecule has 0 saturated carbocycles. The summed E-state index contributed by atoms with van der Waals surface area (Å²) in [6.45, 7) is 3.66. The van der Waals surface area contributed by atoms with Crippen LogP contribution in [-0.4, -0.2) is 22.2 Å². The first kappa shape index (κ1) is 29.8. The van der Waals surface area contributed by atoms with Crippen LogP contribution in [0.25, 0.3) is 0 Å². The molecule has 1 aliphatic carbocycles. The van der Waals surface area contributed by atoms with Gasteiger partial charge in [0, 0.05) is 33.0 Å². The van der Waals surface area contributed by atoms with Crippen molar-refractivity contribution in [2.45, 2.75) is 129 Å². The lowest BCUT2D eigenvalue weighted by Crippen LogP contribution is -2.22. The van der Waals surface area contributed by atoms with Gasteiger partial charge in [-0.1, -0.05) is 109 Å². The van der Waals surface area contributed by atoms with Crippen LogP contribution in [0.3, 0.4) is 0 Å². The van der Waals surface area contributed by atoms with E-state index in [1.54, 1.807) is 0 Å². The molecule has 2 nitrogen and oxygen atoms in total. The Morgan fingerprint density at radius 3 is 0.969 bits per heavy atom. The van der Waals surface area contributed by atoms with Crippen LogP contribution in [-0.2, 0) is 9.59 Å². The summed E-state index contributed by atoms with van der Waals surface area (Å²) in [6, 6.07) is 0. The third-order valence-corrected chi connectivity index (χ3v) is 7.90. The molecule has 0 amide bonds. The number of alkyl halides is 2. The zero-order chi connectivity index (χ0) is 23.6. The molecule has 0 bridgehead atoms. The van der Waals surface area contributed by atoms with Crippen LogP contribution in [0.2, 0.25) is 0 Å². The monoisotopic (exact) mass is 572 g/mol. The Balaban J connectivity index is 2.42. The van der Waals surface area contributed by atoms with Crippen molar-refractivity contribution in [1.82, 2.24) is 0 Å². The number of unbranched alkanes of at least 4 members (excludes halogenated alkanes) is 14. The van der Waals surface area contributed by atoms with Gasteiger partial charge in [0.2, 0.25) is 0 Å². The van der Waals surface area contributed by atoms with E-state index in [2.05, 4.69) is 31.9 Å². The van der Waals surface area contributed by atoms with E-state index in [4.69, 9.17) is 0 Å². The van der Waals surface area contributed by atoms with Gasteiger partial charge in [-0.05, 0) is 52.4 Å². The van der Waals surface area contributed by atoms with Crippen LogP contribution < -0.4 is 0 Å². The van der Waals surface area contributed by atoms with Crippen LogP contribution in [0.1, 0.15) is 129 Å². The summed E-state index contributed by atoms with van der Waals surface area (Å²) in [4.78, 5) is 25.9. The third-order valence-electron chi connectivity index (χ3n) is 6.78. The van der Waals surface area contributed by atoms with Crippen molar-refractivity contribution >= 4 is 43.4 Å². The molecule has 0 radical (unpaired) electrons. The highest BCUT2D eigenvalue weighted by atomic mass is 79.9. The quantitative estimate of drug-likeness (QED) is 0.0825. The second-order valence-electron chi connectivity index (χ2n) is 9.40. The van der Waals surface area contributed by atoms with E-state index in [-0.39, 0.29) is 11.6 Å². The highest BCUT2D eigenvalue weighted by molar-refractivity contribution is 9.09. The van der Waals surface area contributed by atoms with Crippen molar-refractivity contribution in [2.75, 3.05) is 10.7 Å². The van der Waals surface area contributed by atoms with Gasteiger partial charge in [-0.2, -0.15) is 0 Å². The first-order valence-electron chi connectivity index (χ1n) is 13.1.